The molecule has 0 aliphatic carbocycles. The van der Waals surface area contributed by atoms with E-state index in [1.54, 1.807) is 13.0 Å². The van der Waals surface area contributed by atoms with E-state index in [-0.39, 0.29) is 12.2 Å². The van der Waals surface area contributed by atoms with Gasteiger partial charge < -0.3 is 4.74 Å². The van der Waals surface area contributed by atoms with Crippen molar-refractivity contribution in [3.63, 3.8) is 0 Å². The van der Waals surface area contributed by atoms with Gasteiger partial charge in [0, 0.05) is 12.6 Å². The molecule has 1 rings (SSSR count). The fourth-order valence-electron chi connectivity index (χ4n) is 1.51. The monoisotopic (exact) mass is 255 g/mol. The normalized spacial score (nSPS) is 11.9. The maximum absolute atomic E-state index is 13.1. The number of carbonyl (C=O) groups is 1. The van der Waals surface area contributed by atoms with Crippen LogP contribution in [0.25, 0.3) is 0 Å². The Morgan fingerprint density at radius 2 is 2.06 bits per heavy atom. The molecule has 0 aromatic heterocycles. The number of nitrogens with one attached hydrogen (secondary N) is 1. The molecule has 5 heteroatoms. The third-order valence-corrected chi connectivity index (χ3v) is 2.21. The summed E-state index contributed by atoms with van der Waals surface area (Å²) in [7, 11) is 0. The van der Waals surface area contributed by atoms with Crippen LogP contribution in [0.2, 0.25) is 0 Å². The first-order valence-corrected chi connectivity index (χ1v) is 5.55. The van der Waals surface area contributed by atoms with Crippen LogP contribution in [0.5, 0.6) is 0 Å². The van der Waals surface area contributed by atoms with E-state index in [0.717, 1.165) is 18.2 Å². The number of esters is 1. The Kier molecular flexibility index (Phi) is 5.45. The van der Waals surface area contributed by atoms with Crippen LogP contribution in [-0.2, 0) is 9.53 Å². The predicted octanol–water partition coefficient (Wildman–Crippen LogP) is 2.34. The van der Waals surface area contributed by atoms with Gasteiger partial charge >= 0.3 is 5.97 Å². The van der Waals surface area contributed by atoms with Gasteiger partial charge in [-0.3, -0.25) is 5.32 Å². The molecule has 0 saturated heterocycles. The van der Waals surface area contributed by atoms with Crippen molar-refractivity contribution in [1.29, 1.82) is 0 Å². The van der Waals surface area contributed by atoms with Crippen molar-refractivity contribution in [2.75, 3.05) is 13.2 Å². The number of hydrogen-bond acceptors (Lipinski definition) is 3. The molecule has 18 heavy (non-hydrogen) atoms. The fraction of sp³-hybridized carbons (Fsp3) is 0.308. The van der Waals surface area contributed by atoms with Gasteiger partial charge in [0.15, 0.2) is 0 Å². The van der Waals surface area contributed by atoms with Crippen molar-refractivity contribution in [2.24, 2.45) is 0 Å². The molecule has 1 aromatic carbocycles. The molecule has 1 atom stereocenters. The van der Waals surface area contributed by atoms with Gasteiger partial charge in [-0.2, -0.15) is 0 Å². The van der Waals surface area contributed by atoms with Crippen LogP contribution in [0.15, 0.2) is 30.9 Å². The molecule has 0 fully saturated rings. The van der Waals surface area contributed by atoms with E-state index in [0.29, 0.717) is 6.54 Å². The van der Waals surface area contributed by atoms with Crippen LogP contribution in [0, 0.1) is 11.6 Å². The fourth-order valence-corrected chi connectivity index (χ4v) is 1.51. The van der Waals surface area contributed by atoms with Crippen LogP contribution >= 0.6 is 0 Å². The van der Waals surface area contributed by atoms with E-state index in [1.807, 2.05) is 0 Å². The third-order valence-electron chi connectivity index (χ3n) is 2.21. The quantitative estimate of drug-likeness (QED) is 0.626. The Morgan fingerprint density at radius 1 is 1.44 bits per heavy atom. The number of rotatable bonds is 6. The van der Waals surface area contributed by atoms with Gasteiger partial charge in [-0.15, -0.1) is 6.58 Å². The zero-order chi connectivity index (χ0) is 13.5. The summed E-state index contributed by atoms with van der Waals surface area (Å²) in [5.74, 6) is -2.05. The second-order valence-corrected chi connectivity index (χ2v) is 3.58. The molecule has 1 aromatic rings. The van der Waals surface area contributed by atoms with E-state index < -0.39 is 23.6 Å². The smallest absolute Gasteiger partial charge is 0.327 e. The molecule has 0 amide bonds. The summed E-state index contributed by atoms with van der Waals surface area (Å²) in [6.45, 7) is 5.68. The molecule has 0 heterocycles. The first-order chi connectivity index (χ1) is 8.58. The molecular weight excluding hydrogens is 240 g/mol. The Morgan fingerprint density at radius 3 is 2.56 bits per heavy atom. The summed E-state index contributed by atoms with van der Waals surface area (Å²) in [4.78, 5) is 11.7. The summed E-state index contributed by atoms with van der Waals surface area (Å²) in [5.41, 5.74) is 0.188. The molecule has 98 valence electrons. The Balaban J connectivity index is 2.99. The largest absolute Gasteiger partial charge is 0.465 e. The molecule has 0 bridgehead atoms. The van der Waals surface area contributed by atoms with Crippen molar-refractivity contribution >= 4 is 5.97 Å². The van der Waals surface area contributed by atoms with E-state index in [4.69, 9.17) is 4.74 Å². The minimum absolute atomic E-state index is 0.188. The number of ether oxygens (including phenoxy) is 1. The second kappa shape index (κ2) is 6.86. The first-order valence-electron chi connectivity index (χ1n) is 5.55. The highest BCUT2D eigenvalue weighted by atomic mass is 19.1. The molecule has 0 aliphatic rings. The average Bonchev–Trinajstić information content (AvgIpc) is 2.28. The summed E-state index contributed by atoms with van der Waals surface area (Å²) in [6, 6.07) is 2.04. The topological polar surface area (TPSA) is 38.3 Å². The standard InChI is InChI=1S/C13H15F2NO2/c1-3-5-16-12(13(17)18-4-2)9-6-10(14)8-11(15)7-9/h3,6-8,12,16H,1,4-5H2,2H3. The molecule has 3 nitrogen and oxygen atoms in total. The first kappa shape index (κ1) is 14.3. The Hall–Kier alpha value is -1.75. The highest BCUT2D eigenvalue weighted by Gasteiger charge is 2.22. The number of benzene rings is 1. The summed E-state index contributed by atoms with van der Waals surface area (Å²) in [5, 5.41) is 2.80. The van der Waals surface area contributed by atoms with Crippen LogP contribution in [0.3, 0.4) is 0 Å². The molecule has 1 unspecified atom stereocenters. The van der Waals surface area contributed by atoms with Crippen LogP contribution in [0.4, 0.5) is 8.78 Å². The van der Waals surface area contributed by atoms with Gasteiger partial charge in [0.1, 0.15) is 17.7 Å². The highest BCUT2D eigenvalue weighted by Crippen LogP contribution is 2.17. The van der Waals surface area contributed by atoms with Crippen molar-refractivity contribution in [3.05, 3.63) is 48.1 Å². The Labute approximate surface area is 104 Å². The maximum Gasteiger partial charge on any atom is 0.327 e. The lowest BCUT2D eigenvalue weighted by Gasteiger charge is -2.16. The van der Waals surface area contributed by atoms with Gasteiger partial charge in [-0.25, -0.2) is 13.6 Å². The van der Waals surface area contributed by atoms with E-state index in [9.17, 15) is 13.6 Å². The lowest BCUT2D eigenvalue weighted by molar-refractivity contribution is -0.145. The molecule has 0 spiro atoms. The van der Waals surface area contributed by atoms with Gasteiger partial charge in [0.25, 0.3) is 0 Å². The zero-order valence-corrected chi connectivity index (χ0v) is 10.1. The minimum Gasteiger partial charge on any atom is -0.465 e. The SMILES string of the molecule is C=CCNC(C(=O)OCC)c1cc(F)cc(F)c1. The maximum atomic E-state index is 13.1. The average molecular weight is 255 g/mol. The Bertz CT molecular complexity index is 415. The van der Waals surface area contributed by atoms with Crippen molar-refractivity contribution in [2.45, 2.75) is 13.0 Å². The molecule has 1 N–H and O–H groups in total. The highest BCUT2D eigenvalue weighted by molar-refractivity contribution is 5.77. The van der Waals surface area contributed by atoms with E-state index in [2.05, 4.69) is 11.9 Å². The lowest BCUT2D eigenvalue weighted by Crippen LogP contribution is -2.30. The zero-order valence-electron chi connectivity index (χ0n) is 10.1. The second-order valence-electron chi connectivity index (χ2n) is 3.58. The third kappa shape index (κ3) is 3.92. The van der Waals surface area contributed by atoms with Gasteiger partial charge in [0.05, 0.1) is 6.61 Å². The number of hydrogen-bond donors (Lipinski definition) is 1. The van der Waals surface area contributed by atoms with Crippen LogP contribution in [0.1, 0.15) is 18.5 Å². The summed E-state index contributed by atoms with van der Waals surface area (Å²) >= 11 is 0. The molecular formula is C13H15F2NO2. The lowest BCUT2D eigenvalue weighted by atomic mass is 10.1. The summed E-state index contributed by atoms with van der Waals surface area (Å²) < 4.78 is 31.1. The van der Waals surface area contributed by atoms with Crippen molar-refractivity contribution in [3.8, 4) is 0 Å². The minimum atomic E-state index is -0.909. The van der Waals surface area contributed by atoms with E-state index in [1.165, 1.54) is 0 Å². The number of halogens is 2. The van der Waals surface area contributed by atoms with Crippen LogP contribution < -0.4 is 5.32 Å². The molecule has 0 radical (unpaired) electrons. The van der Waals surface area contributed by atoms with Gasteiger partial charge in [-0.05, 0) is 24.6 Å². The summed E-state index contributed by atoms with van der Waals surface area (Å²) in [6.07, 6.45) is 1.54. The molecule has 0 aliphatic heterocycles. The van der Waals surface area contributed by atoms with Crippen molar-refractivity contribution in [1.82, 2.24) is 5.32 Å². The number of carbonyl (C=O) groups excluding carboxylic acids is 1. The van der Waals surface area contributed by atoms with Crippen molar-refractivity contribution < 1.29 is 18.3 Å². The molecule has 0 saturated carbocycles. The predicted molar refractivity (Wildman–Crippen MR) is 63.9 cm³/mol. The van der Waals surface area contributed by atoms with Crippen LogP contribution in [-0.4, -0.2) is 19.1 Å². The van der Waals surface area contributed by atoms with E-state index >= 15 is 0 Å². The van der Waals surface area contributed by atoms with Gasteiger partial charge in [-0.1, -0.05) is 6.08 Å². The van der Waals surface area contributed by atoms with Gasteiger partial charge in [0.2, 0.25) is 0 Å².